The lowest BCUT2D eigenvalue weighted by molar-refractivity contribution is -0.150. The molecule has 2 nitrogen and oxygen atoms in total. The summed E-state index contributed by atoms with van der Waals surface area (Å²) < 4.78 is 0. The highest BCUT2D eigenvalue weighted by molar-refractivity contribution is 5.74. The Morgan fingerprint density at radius 1 is 1.73 bits per heavy atom. The minimum atomic E-state index is -0.814. The zero-order valence-electron chi connectivity index (χ0n) is 7.22. The first-order chi connectivity index (χ1) is 4.95. The number of carbonyl (C=O) groups is 1. The van der Waals surface area contributed by atoms with E-state index in [1.54, 1.807) is 6.92 Å². The van der Waals surface area contributed by atoms with Gasteiger partial charge in [-0.05, 0) is 12.8 Å². The van der Waals surface area contributed by atoms with Crippen molar-refractivity contribution in [2.75, 3.05) is 0 Å². The number of hydrogen-bond donors (Lipinski definition) is 1. The van der Waals surface area contributed by atoms with Crippen molar-refractivity contribution in [1.82, 2.24) is 0 Å². The van der Waals surface area contributed by atoms with Gasteiger partial charge in [-0.2, -0.15) is 0 Å². The minimum Gasteiger partial charge on any atom is -0.481 e. The molecular weight excluding hydrogens is 140 g/mol. The van der Waals surface area contributed by atoms with Crippen molar-refractivity contribution in [3.63, 3.8) is 0 Å². The molecule has 0 saturated carbocycles. The Kier molecular flexibility index (Phi) is 3.13. The topological polar surface area (TPSA) is 37.3 Å². The zero-order chi connectivity index (χ0) is 9.07. The number of rotatable bonds is 3. The van der Waals surface area contributed by atoms with Crippen LogP contribution in [0.5, 0.6) is 0 Å². The lowest BCUT2D eigenvalue weighted by Gasteiger charge is -2.26. The molecule has 0 amide bonds. The van der Waals surface area contributed by atoms with Crippen molar-refractivity contribution in [1.29, 1.82) is 0 Å². The van der Waals surface area contributed by atoms with Crippen molar-refractivity contribution in [2.24, 2.45) is 11.3 Å². The summed E-state index contributed by atoms with van der Waals surface area (Å²) in [7, 11) is 0. The second-order valence-corrected chi connectivity index (χ2v) is 3.26. The molecule has 1 atom stereocenters. The molecule has 0 spiro atoms. The Hall–Kier alpha value is -0.970. The summed E-state index contributed by atoms with van der Waals surface area (Å²) in [5.41, 5.74) is -0.769. The van der Waals surface area contributed by atoms with Crippen LogP contribution in [0.3, 0.4) is 0 Å². The number of aliphatic carboxylic acids is 1. The third-order valence-electron chi connectivity index (χ3n) is 2.23. The first-order valence-electron chi connectivity index (χ1n) is 3.62. The highest BCUT2D eigenvalue weighted by Crippen LogP contribution is 2.30. The largest absolute Gasteiger partial charge is 0.481 e. The van der Waals surface area contributed by atoms with E-state index in [1.807, 2.05) is 13.8 Å². The summed E-state index contributed by atoms with van der Waals surface area (Å²) in [5, 5.41) is 8.84. The second kappa shape index (κ2) is 3.43. The van der Waals surface area contributed by atoms with Crippen LogP contribution in [0, 0.1) is 23.7 Å². The van der Waals surface area contributed by atoms with E-state index in [0.717, 1.165) is 0 Å². The van der Waals surface area contributed by atoms with E-state index < -0.39 is 11.4 Å². The first kappa shape index (κ1) is 10.0. The number of carboxylic acids is 1. The van der Waals surface area contributed by atoms with Crippen LogP contribution in [0.25, 0.3) is 0 Å². The van der Waals surface area contributed by atoms with Gasteiger partial charge in [-0.3, -0.25) is 4.79 Å². The van der Waals surface area contributed by atoms with Crippen LogP contribution in [0.4, 0.5) is 0 Å². The van der Waals surface area contributed by atoms with Gasteiger partial charge in [0.1, 0.15) is 0 Å². The fourth-order valence-electron chi connectivity index (χ4n) is 0.739. The number of hydrogen-bond acceptors (Lipinski definition) is 1. The molecule has 0 aromatic rings. The fourth-order valence-corrected chi connectivity index (χ4v) is 0.739. The van der Waals surface area contributed by atoms with Gasteiger partial charge < -0.3 is 5.11 Å². The molecule has 0 rings (SSSR count). The molecule has 62 valence electrons. The molecule has 0 radical (unpaired) electrons. The van der Waals surface area contributed by atoms with Gasteiger partial charge in [0.25, 0.3) is 0 Å². The maximum absolute atomic E-state index is 10.8. The lowest BCUT2D eigenvalue weighted by Crippen LogP contribution is -2.32. The third-order valence-corrected chi connectivity index (χ3v) is 2.23. The molecule has 0 aromatic carbocycles. The van der Waals surface area contributed by atoms with Crippen molar-refractivity contribution in [3.05, 3.63) is 0 Å². The van der Waals surface area contributed by atoms with Crippen LogP contribution in [0.1, 0.15) is 27.2 Å². The molecule has 1 N–H and O–H groups in total. The van der Waals surface area contributed by atoms with E-state index in [-0.39, 0.29) is 5.92 Å². The van der Waals surface area contributed by atoms with Crippen LogP contribution in [-0.4, -0.2) is 11.1 Å². The van der Waals surface area contributed by atoms with E-state index in [2.05, 4.69) is 5.92 Å². The Bertz CT molecular complexity index is 188. The summed E-state index contributed by atoms with van der Waals surface area (Å²) in [6.45, 7) is 5.41. The number of terminal acetylenes is 1. The molecule has 0 aromatic heterocycles. The summed E-state index contributed by atoms with van der Waals surface area (Å²) in [6.07, 6.45) is 5.37. The Morgan fingerprint density at radius 2 is 2.18 bits per heavy atom. The van der Waals surface area contributed by atoms with Crippen molar-refractivity contribution in [3.8, 4) is 12.3 Å². The van der Waals surface area contributed by atoms with Crippen LogP contribution in [0.15, 0.2) is 0 Å². The van der Waals surface area contributed by atoms with E-state index in [1.165, 1.54) is 0 Å². The maximum Gasteiger partial charge on any atom is 0.310 e. The zero-order valence-corrected chi connectivity index (χ0v) is 7.22. The van der Waals surface area contributed by atoms with Crippen LogP contribution >= 0.6 is 0 Å². The second-order valence-electron chi connectivity index (χ2n) is 3.26. The van der Waals surface area contributed by atoms with Gasteiger partial charge in [0, 0.05) is 6.42 Å². The average Bonchev–Trinajstić information content (AvgIpc) is 1.87. The predicted octanol–water partition coefficient (Wildman–Crippen LogP) is 1.76. The van der Waals surface area contributed by atoms with Gasteiger partial charge in [0.15, 0.2) is 0 Å². The normalized spacial score (nSPS) is 15.5. The molecule has 1 unspecified atom stereocenters. The van der Waals surface area contributed by atoms with Crippen molar-refractivity contribution in [2.45, 2.75) is 27.2 Å². The molecule has 0 aliphatic heterocycles. The molecule has 0 aliphatic rings. The summed E-state index contributed by atoms with van der Waals surface area (Å²) in [6, 6.07) is 0. The average molecular weight is 154 g/mol. The molecule has 11 heavy (non-hydrogen) atoms. The summed E-state index contributed by atoms with van der Waals surface area (Å²) >= 11 is 0. The van der Waals surface area contributed by atoms with Crippen LogP contribution in [-0.2, 0) is 4.79 Å². The summed E-state index contributed by atoms with van der Waals surface area (Å²) in [5.74, 6) is 1.64. The quantitative estimate of drug-likeness (QED) is 0.629. The Balaban J connectivity index is 4.55. The van der Waals surface area contributed by atoms with E-state index in [9.17, 15) is 4.79 Å². The van der Waals surface area contributed by atoms with Crippen LogP contribution in [0.2, 0.25) is 0 Å². The standard InChI is InChI=1S/C9H14O2/c1-5-6-9(4,7(2)3)8(10)11/h1,7H,6H2,2-4H3,(H,10,11). The molecule has 0 heterocycles. The molecule has 0 saturated heterocycles. The van der Waals surface area contributed by atoms with E-state index >= 15 is 0 Å². The smallest absolute Gasteiger partial charge is 0.310 e. The van der Waals surface area contributed by atoms with E-state index in [4.69, 9.17) is 11.5 Å². The van der Waals surface area contributed by atoms with Gasteiger partial charge in [-0.1, -0.05) is 13.8 Å². The van der Waals surface area contributed by atoms with Gasteiger partial charge in [0.2, 0.25) is 0 Å². The SMILES string of the molecule is C#CCC(C)(C(=O)O)C(C)C. The summed E-state index contributed by atoms with van der Waals surface area (Å²) in [4.78, 5) is 10.8. The number of carboxylic acid groups (broad SMARTS) is 1. The van der Waals surface area contributed by atoms with Crippen LogP contribution < -0.4 is 0 Å². The van der Waals surface area contributed by atoms with Gasteiger partial charge >= 0.3 is 5.97 Å². The lowest BCUT2D eigenvalue weighted by atomic mass is 9.77. The van der Waals surface area contributed by atoms with Gasteiger partial charge in [-0.15, -0.1) is 12.3 Å². The fraction of sp³-hybridized carbons (Fsp3) is 0.667. The highest BCUT2D eigenvalue weighted by Gasteiger charge is 2.35. The molecule has 0 fully saturated rings. The highest BCUT2D eigenvalue weighted by atomic mass is 16.4. The van der Waals surface area contributed by atoms with E-state index in [0.29, 0.717) is 6.42 Å². The Morgan fingerprint density at radius 3 is 2.27 bits per heavy atom. The predicted molar refractivity (Wildman–Crippen MR) is 44.0 cm³/mol. The van der Waals surface area contributed by atoms with Gasteiger partial charge in [-0.25, -0.2) is 0 Å². The first-order valence-corrected chi connectivity index (χ1v) is 3.62. The Labute approximate surface area is 67.6 Å². The molecule has 0 aliphatic carbocycles. The molecule has 0 bridgehead atoms. The monoisotopic (exact) mass is 154 g/mol. The minimum absolute atomic E-state index is 0.0658. The molecule has 2 heteroatoms. The molecular formula is C9H14O2. The van der Waals surface area contributed by atoms with Gasteiger partial charge in [0.05, 0.1) is 5.41 Å². The van der Waals surface area contributed by atoms with Crippen molar-refractivity contribution < 1.29 is 9.90 Å². The third kappa shape index (κ3) is 1.98. The van der Waals surface area contributed by atoms with Crippen molar-refractivity contribution >= 4 is 5.97 Å². The maximum atomic E-state index is 10.8.